The van der Waals surface area contributed by atoms with E-state index in [1.54, 1.807) is 0 Å². The molecule has 1 N–H and O–H groups in total. The predicted molar refractivity (Wildman–Crippen MR) is 73.6 cm³/mol. The first-order chi connectivity index (χ1) is 8.37. The van der Waals surface area contributed by atoms with Crippen LogP contribution in [0.2, 0.25) is 0 Å². The van der Waals surface area contributed by atoms with Crippen LogP contribution in [0.4, 0.5) is 0 Å². The Balaban J connectivity index is 0. The maximum atomic E-state index is 11.2. The molecule has 0 spiro atoms. The van der Waals surface area contributed by atoms with Crippen molar-refractivity contribution >= 4 is 45.9 Å². The van der Waals surface area contributed by atoms with Crippen LogP contribution in [0, 0.1) is 0 Å². The molecule has 0 amide bonds. The molecule has 0 bridgehead atoms. The van der Waals surface area contributed by atoms with Crippen molar-refractivity contribution in [3.05, 3.63) is 0 Å². The molecule has 6 nitrogen and oxygen atoms in total. The number of ether oxygens (including phenoxy) is 1. The summed E-state index contributed by atoms with van der Waals surface area (Å²) in [7, 11) is -4.61. The monoisotopic (exact) mass is 306 g/mol. The normalized spacial score (nSPS) is 12.6. The number of carbonyl (C=O) groups excluding carboxylic acids is 1. The van der Waals surface area contributed by atoms with Gasteiger partial charge in [-0.05, 0) is 13.3 Å². The topological polar surface area (TPSA) is 89.9 Å². The molecule has 1 atom stereocenters. The summed E-state index contributed by atoms with van der Waals surface area (Å²) < 4.78 is 37.9. The van der Waals surface area contributed by atoms with Crippen LogP contribution >= 0.6 is 0 Å². The zero-order valence-corrected chi connectivity index (χ0v) is 11.7. The molecule has 0 aliphatic rings. The Morgan fingerprint density at radius 1 is 1.16 bits per heavy atom. The van der Waals surface area contributed by atoms with Crippen molar-refractivity contribution in [3.63, 3.8) is 0 Å². The fraction of sp³-hybridized carbons (Fsp3) is 0.909. The molecular weight excluding hydrogens is 283 g/mol. The summed E-state index contributed by atoms with van der Waals surface area (Å²) in [5, 5.41) is 0. The molecular formula is C11H23NaO6S. The minimum absolute atomic E-state index is 0. The van der Waals surface area contributed by atoms with Gasteiger partial charge >= 0.3 is 45.9 Å². The molecule has 110 valence electrons. The summed E-state index contributed by atoms with van der Waals surface area (Å²) in [5.74, 6) is -0.791. The van der Waals surface area contributed by atoms with E-state index in [9.17, 15) is 13.2 Å². The zero-order chi connectivity index (χ0) is 14.0. The molecule has 0 aromatic rings. The Labute approximate surface area is 137 Å². The van der Waals surface area contributed by atoms with Gasteiger partial charge in [0.2, 0.25) is 0 Å². The molecule has 19 heavy (non-hydrogen) atoms. The summed E-state index contributed by atoms with van der Waals surface area (Å²) in [6, 6.07) is 0. The molecule has 0 saturated carbocycles. The third-order valence-corrected chi connectivity index (χ3v) is 2.87. The minimum atomic E-state index is -4.61. The predicted octanol–water partition coefficient (Wildman–Crippen LogP) is 1.45. The van der Waals surface area contributed by atoms with Gasteiger partial charge in [-0.2, -0.15) is 8.42 Å². The first-order valence-corrected chi connectivity index (χ1v) is 7.55. The molecule has 0 aliphatic heterocycles. The van der Waals surface area contributed by atoms with Gasteiger partial charge in [0.15, 0.2) is 6.10 Å². The Morgan fingerprint density at radius 3 is 2.21 bits per heavy atom. The van der Waals surface area contributed by atoms with Crippen molar-refractivity contribution in [2.24, 2.45) is 0 Å². The molecule has 0 fully saturated rings. The molecule has 0 aliphatic carbocycles. The van der Waals surface area contributed by atoms with E-state index in [0.29, 0.717) is 0 Å². The number of rotatable bonds is 10. The standard InChI is InChI=1S/C11H22O6S.Na.H/c1-3-4-5-6-7-8-9-16-11(12)10(2)17-18(13,14)15;;/h10H,3-9H2,1-2H3,(H,13,14,15);;. The van der Waals surface area contributed by atoms with E-state index < -0.39 is 22.5 Å². The summed E-state index contributed by atoms with van der Waals surface area (Å²) in [4.78, 5) is 11.2. The average Bonchev–Trinajstić information content (AvgIpc) is 2.25. The SMILES string of the molecule is CCCCCCCCOC(=O)C(C)OS(=O)(=O)O.[NaH]. The second kappa shape index (κ2) is 12.1. The van der Waals surface area contributed by atoms with Crippen molar-refractivity contribution in [2.45, 2.75) is 58.5 Å². The Bertz CT molecular complexity index is 330. The number of hydrogen-bond acceptors (Lipinski definition) is 5. The van der Waals surface area contributed by atoms with Gasteiger partial charge in [0.05, 0.1) is 6.61 Å². The van der Waals surface area contributed by atoms with Gasteiger partial charge in [-0.1, -0.05) is 39.0 Å². The summed E-state index contributed by atoms with van der Waals surface area (Å²) in [6.07, 6.45) is 5.06. The van der Waals surface area contributed by atoms with Crippen molar-refractivity contribution in [2.75, 3.05) is 6.61 Å². The number of hydrogen-bond donors (Lipinski definition) is 1. The van der Waals surface area contributed by atoms with Crippen LogP contribution in [0.25, 0.3) is 0 Å². The fourth-order valence-corrected chi connectivity index (χ4v) is 1.84. The van der Waals surface area contributed by atoms with Crippen molar-refractivity contribution in [1.29, 1.82) is 0 Å². The molecule has 0 heterocycles. The molecule has 8 heteroatoms. The van der Waals surface area contributed by atoms with Gasteiger partial charge in [-0.25, -0.2) is 8.98 Å². The van der Waals surface area contributed by atoms with Gasteiger partial charge < -0.3 is 4.74 Å². The molecule has 0 saturated heterocycles. The van der Waals surface area contributed by atoms with Gasteiger partial charge in [0.25, 0.3) is 0 Å². The first kappa shape index (κ1) is 21.6. The average molecular weight is 306 g/mol. The third kappa shape index (κ3) is 14.6. The van der Waals surface area contributed by atoms with Crippen LogP contribution < -0.4 is 0 Å². The van der Waals surface area contributed by atoms with Gasteiger partial charge in [0.1, 0.15) is 0 Å². The molecule has 0 rings (SSSR count). The van der Waals surface area contributed by atoms with Crippen LogP contribution in [0.1, 0.15) is 52.4 Å². The maximum absolute atomic E-state index is 11.2. The second-order valence-electron chi connectivity index (χ2n) is 4.10. The summed E-state index contributed by atoms with van der Waals surface area (Å²) >= 11 is 0. The fourth-order valence-electron chi connectivity index (χ4n) is 1.39. The van der Waals surface area contributed by atoms with E-state index >= 15 is 0 Å². The van der Waals surface area contributed by atoms with Crippen LogP contribution in [0.3, 0.4) is 0 Å². The van der Waals surface area contributed by atoms with Gasteiger partial charge in [-0.15, -0.1) is 0 Å². The van der Waals surface area contributed by atoms with E-state index in [-0.39, 0.29) is 36.2 Å². The Kier molecular flexibility index (Phi) is 13.8. The molecule has 0 radical (unpaired) electrons. The van der Waals surface area contributed by atoms with E-state index in [2.05, 4.69) is 11.1 Å². The van der Waals surface area contributed by atoms with Crippen LogP contribution in [0.15, 0.2) is 0 Å². The second-order valence-corrected chi connectivity index (χ2v) is 5.15. The van der Waals surface area contributed by atoms with E-state index in [0.717, 1.165) is 19.3 Å². The van der Waals surface area contributed by atoms with Crippen molar-refractivity contribution in [3.8, 4) is 0 Å². The summed E-state index contributed by atoms with van der Waals surface area (Å²) in [5.41, 5.74) is 0. The van der Waals surface area contributed by atoms with Crippen LogP contribution in [-0.2, 0) is 24.1 Å². The Hall–Kier alpha value is 0.340. The molecule has 0 aromatic carbocycles. The number of esters is 1. The van der Waals surface area contributed by atoms with E-state index in [4.69, 9.17) is 9.29 Å². The summed E-state index contributed by atoms with van der Waals surface area (Å²) in [6.45, 7) is 3.58. The quantitative estimate of drug-likeness (QED) is 0.284. The van der Waals surface area contributed by atoms with Crippen molar-refractivity contribution in [1.82, 2.24) is 0 Å². The van der Waals surface area contributed by atoms with Crippen molar-refractivity contribution < 1.29 is 26.7 Å². The van der Waals surface area contributed by atoms with E-state index in [1.165, 1.54) is 26.2 Å². The number of unbranched alkanes of at least 4 members (excludes halogenated alkanes) is 5. The van der Waals surface area contributed by atoms with Crippen LogP contribution in [-0.4, -0.2) is 61.2 Å². The zero-order valence-electron chi connectivity index (χ0n) is 10.9. The third-order valence-electron chi connectivity index (χ3n) is 2.34. The van der Waals surface area contributed by atoms with Gasteiger partial charge in [0, 0.05) is 0 Å². The Morgan fingerprint density at radius 2 is 1.68 bits per heavy atom. The molecule has 0 aromatic heterocycles. The molecule has 1 unspecified atom stereocenters. The van der Waals surface area contributed by atoms with Crippen LogP contribution in [0.5, 0.6) is 0 Å². The first-order valence-electron chi connectivity index (χ1n) is 6.19. The van der Waals surface area contributed by atoms with E-state index in [1.807, 2.05) is 0 Å². The number of carbonyl (C=O) groups is 1. The van der Waals surface area contributed by atoms with Gasteiger partial charge in [-0.3, -0.25) is 4.55 Å².